The monoisotopic (exact) mass is 425 g/mol. The smallest absolute Gasteiger partial charge is 0.341 e. The van der Waals surface area contributed by atoms with Gasteiger partial charge >= 0.3 is 5.97 Å². The van der Waals surface area contributed by atoms with Gasteiger partial charge in [-0.3, -0.25) is 9.69 Å². The Morgan fingerprint density at radius 2 is 1.90 bits per heavy atom. The molecule has 3 aromatic rings. The molecule has 7 heteroatoms. The van der Waals surface area contributed by atoms with Gasteiger partial charge in [0.05, 0.1) is 11.2 Å². The van der Waals surface area contributed by atoms with E-state index < -0.39 is 11.5 Å². The number of fused-ring (bicyclic) bond motifs is 1. The van der Waals surface area contributed by atoms with Crippen molar-refractivity contribution in [2.75, 3.05) is 13.1 Å². The molecule has 2 aromatic heterocycles. The van der Waals surface area contributed by atoms with Gasteiger partial charge in [0.15, 0.2) is 5.82 Å². The number of hydrogen-bond acceptors (Lipinski definition) is 3. The first-order valence-electron chi connectivity index (χ1n) is 10.8. The lowest BCUT2D eigenvalue weighted by Gasteiger charge is -2.26. The van der Waals surface area contributed by atoms with Crippen molar-refractivity contribution in [3.05, 3.63) is 56.8 Å². The van der Waals surface area contributed by atoms with Gasteiger partial charge in [0.2, 0.25) is 0 Å². The molecular weight excluding hydrogens is 397 g/mol. The first-order chi connectivity index (χ1) is 14.8. The highest BCUT2D eigenvalue weighted by Gasteiger charge is 2.21. The van der Waals surface area contributed by atoms with Gasteiger partial charge in [-0.1, -0.05) is 13.3 Å². The molecule has 1 aliphatic heterocycles. The summed E-state index contributed by atoms with van der Waals surface area (Å²) < 4.78 is 17.4. The second-order valence-corrected chi connectivity index (χ2v) is 8.40. The van der Waals surface area contributed by atoms with E-state index in [9.17, 15) is 14.7 Å². The number of aromatic amines is 1. The number of halogens is 1. The average molecular weight is 426 g/mol. The highest BCUT2D eigenvalue weighted by Crippen LogP contribution is 2.34. The number of pyridine rings is 1. The van der Waals surface area contributed by atoms with Crippen molar-refractivity contribution >= 4 is 16.9 Å². The van der Waals surface area contributed by atoms with Crippen molar-refractivity contribution in [3.8, 4) is 11.3 Å². The van der Waals surface area contributed by atoms with Crippen LogP contribution in [0.3, 0.4) is 0 Å². The maximum Gasteiger partial charge on any atom is 0.341 e. The highest BCUT2D eigenvalue weighted by molar-refractivity contribution is 5.91. The normalized spacial score (nSPS) is 15.0. The molecule has 3 heterocycles. The van der Waals surface area contributed by atoms with Crippen LogP contribution in [0.15, 0.2) is 23.0 Å². The number of aryl methyl sites for hydroxylation is 2. The summed E-state index contributed by atoms with van der Waals surface area (Å²) in [7, 11) is 1.89. The zero-order valence-corrected chi connectivity index (χ0v) is 18.2. The van der Waals surface area contributed by atoms with Crippen molar-refractivity contribution in [1.82, 2.24) is 14.5 Å². The van der Waals surface area contributed by atoms with Gasteiger partial charge in [0, 0.05) is 30.2 Å². The Bertz CT molecular complexity index is 1220. The number of rotatable bonds is 5. The predicted molar refractivity (Wildman–Crippen MR) is 119 cm³/mol. The van der Waals surface area contributed by atoms with E-state index in [2.05, 4.69) is 9.88 Å². The third kappa shape index (κ3) is 3.78. The summed E-state index contributed by atoms with van der Waals surface area (Å²) in [6.07, 6.45) is 4.17. The van der Waals surface area contributed by atoms with E-state index >= 15 is 4.39 Å². The standard InChI is InChI=1S/C24H28FN3O3/c1-4-15-11-19(24(30)31)23(29)26-21(15)18-12-16-10-17(13-28-8-6-5-7-9-28)27(3)22(16)20(25)14(18)2/h10-12H,4-9,13H2,1-3H3,(H,26,29)(H,30,31). The fraction of sp³-hybridized carbons (Fsp3) is 0.417. The van der Waals surface area contributed by atoms with E-state index in [4.69, 9.17) is 0 Å². The van der Waals surface area contributed by atoms with Crippen LogP contribution in [0.5, 0.6) is 0 Å². The molecule has 1 aromatic carbocycles. The van der Waals surface area contributed by atoms with E-state index in [1.165, 1.54) is 25.3 Å². The van der Waals surface area contributed by atoms with Crippen molar-refractivity contribution in [1.29, 1.82) is 0 Å². The Hall–Kier alpha value is -2.93. The highest BCUT2D eigenvalue weighted by atomic mass is 19.1. The number of nitrogens with zero attached hydrogens (tertiary/aromatic N) is 2. The maximum atomic E-state index is 15.5. The number of hydrogen-bond donors (Lipinski definition) is 2. The fourth-order valence-electron chi connectivity index (χ4n) is 4.63. The summed E-state index contributed by atoms with van der Waals surface area (Å²) in [5, 5.41) is 10.0. The Balaban J connectivity index is 1.85. The number of likely N-dealkylation sites (tertiary alicyclic amines) is 1. The maximum absolute atomic E-state index is 15.5. The van der Waals surface area contributed by atoms with E-state index in [0.717, 1.165) is 30.7 Å². The predicted octanol–water partition coefficient (Wildman–Crippen LogP) is 4.23. The number of H-pyrrole nitrogens is 1. The van der Waals surface area contributed by atoms with Crippen molar-refractivity contribution < 1.29 is 14.3 Å². The molecule has 1 fully saturated rings. The Morgan fingerprint density at radius 1 is 1.19 bits per heavy atom. The summed E-state index contributed by atoms with van der Waals surface area (Å²) in [6, 6.07) is 5.31. The molecule has 0 unspecified atom stereocenters. The average Bonchev–Trinajstić information content (AvgIpc) is 3.06. The third-order valence-electron chi connectivity index (χ3n) is 6.44. The van der Waals surface area contributed by atoms with Gasteiger partial charge in [-0.25, -0.2) is 9.18 Å². The number of aromatic nitrogens is 2. The summed E-state index contributed by atoms with van der Waals surface area (Å²) >= 11 is 0. The van der Waals surface area contributed by atoms with Crippen molar-refractivity contribution in [2.24, 2.45) is 7.05 Å². The zero-order chi connectivity index (χ0) is 22.3. The van der Waals surface area contributed by atoms with Crippen LogP contribution in [0.4, 0.5) is 4.39 Å². The number of piperidine rings is 1. The minimum Gasteiger partial charge on any atom is -0.477 e. The van der Waals surface area contributed by atoms with Gasteiger partial charge in [0.1, 0.15) is 5.56 Å². The number of carboxylic acids is 1. The lowest BCUT2D eigenvalue weighted by Crippen LogP contribution is -2.29. The number of benzene rings is 1. The molecule has 6 nitrogen and oxygen atoms in total. The summed E-state index contributed by atoms with van der Waals surface area (Å²) in [5.41, 5.74) is 2.80. The van der Waals surface area contributed by atoms with Crippen LogP contribution in [0.25, 0.3) is 22.2 Å². The molecule has 31 heavy (non-hydrogen) atoms. The van der Waals surface area contributed by atoms with Crippen LogP contribution in [-0.4, -0.2) is 38.6 Å². The molecule has 0 aliphatic carbocycles. The first-order valence-corrected chi connectivity index (χ1v) is 10.8. The molecule has 1 saturated heterocycles. The molecule has 0 spiro atoms. The lowest BCUT2D eigenvalue weighted by molar-refractivity contribution is 0.0695. The van der Waals surface area contributed by atoms with Gasteiger partial charge in [-0.2, -0.15) is 0 Å². The number of carbonyl (C=O) groups is 1. The van der Waals surface area contributed by atoms with Gasteiger partial charge in [-0.15, -0.1) is 0 Å². The van der Waals surface area contributed by atoms with Crippen LogP contribution in [-0.2, 0) is 20.0 Å². The Labute approximate surface area is 180 Å². The van der Waals surface area contributed by atoms with Gasteiger partial charge in [-0.05, 0) is 68.6 Å². The molecule has 4 rings (SSSR count). The van der Waals surface area contributed by atoms with Crippen molar-refractivity contribution in [3.63, 3.8) is 0 Å². The Kier molecular flexibility index (Phi) is 5.71. The van der Waals surface area contributed by atoms with E-state index in [1.54, 1.807) is 6.92 Å². The number of aromatic carboxylic acids is 1. The molecule has 0 atom stereocenters. The van der Waals surface area contributed by atoms with Gasteiger partial charge in [0.25, 0.3) is 5.56 Å². The van der Waals surface area contributed by atoms with Crippen LogP contribution in [0.1, 0.15) is 53.4 Å². The van der Waals surface area contributed by atoms with Crippen LogP contribution in [0, 0.1) is 12.7 Å². The van der Waals surface area contributed by atoms with Crippen LogP contribution >= 0.6 is 0 Å². The summed E-state index contributed by atoms with van der Waals surface area (Å²) in [4.78, 5) is 28.8. The molecule has 0 saturated carbocycles. The molecule has 1 aliphatic rings. The number of nitrogens with one attached hydrogen (secondary N) is 1. The summed E-state index contributed by atoms with van der Waals surface area (Å²) in [6.45, 7) is 6.48. The second kappa shape index (κ2) is 8.30. The second-order valence-electron chi connectivity index (χ2n) is 8.40. The van der Waals surface area contributed by atoms with E-state index in [0.29, 0.717) is 34.3 Å². The van der Waals surface area contributed by atoms with E-state index in [-0.39, 0.29) is 11.4 Å². The minimum absolute atomic E-state index is 0.302. The van der Waals surface area contributed by atoms with Gasteiger partial charge < -0.3 is 14.7 Å². The largest absolute Gasteiger partial charge is 0.477 e. The molecular formula is C24H28FN3O3. The van der Waals surface area contributed by atoms with Crippen LogP contribution < -0.4 is 5.56 Å². The molecule has 0 radical (unpaired) electrons. The SMILES string of the molecule is CCc1cc(C(=O)O)c(=O)[nH]c1-c1cc2cc(CN3CCCCC3)n(C)c2c(F)c1C. The van der Waals surface area contributed by atoms with Crippen molar-refractivity contribution in [2.45, 2.75) is 46.1 Å². The molecule has 2 N–H and O–H groups in total. The molecule has 164 valence electrons. The van der Waals surface area contributed by atoms with E-state index in [1.807, 2.05) is 30.7 Å². The summed E-state index contributed by atoms with van der Waals surface area (Å²) in [5.74, 6) is -1.59. The zero-order valence-electron chi connectivity index (χ0n) is 18.2. The first kappa shape index (κ1) is 21.3. The third-order valence-corrected chi connectivity index (χ3v) is 6.44. The molecule has 0 amide bonds. The fourth-order valence-corrected chi connectivity index (χ4v) is 4.63. The van der Waals surface area contributed by atoms with Crippen LogP contribution in [0.2, 0.25) is 0 Å². The molecule has 0 bridgehead atoms. The number of carboxylic acid groups (broad SMARTS) is 1. The Morgan fingerprint density at radius 3 is 2.55 bits per heavy atom. The quantitative estimate of drug-likeness (QED) is 0.641. The lowest BCUT2D eigenvalue weighted by atomic mass is 9.96. The minimum atomic E-state index is -1.27. The topological polar surface area (TPSA) is 78.3 Å².